The van der Waals surface area contributed by atoms with Crippen molar-refractivity contribution in [3.05, 3.63) is 40.7 Å². The van der Waals surface area contributed by atoms with Crippen molar-refractivity contribution in [2.75, 3.05) is 7.11 Å². The number of rotatable bonds is 4. The summed E-state index contributed by atoms with van der Waals surface area (Å²) >= 11 is 0. The monoisotopic (exact) mass is 277 g/mol. The van der Waals surface area contributed by atoms with E-state index in [2.05, 4.69) is 4.98 Å². The maximum Gasteiger partial charge on any atom is 0.340 e. The molecule has 1 atom stereocenters. The molecule has 1 heterocycles. The second-order valence-electron chi connectivity index (χ2n) is 4.50. The first-order valence-corrected chi connectivity index (χ1v) is 6.43. The van der Waals surface area contributed by atoms with E-state index in [1.807, 2.05) is 6.92 Å². The summed E-state index contributed by atoms with van der Waals surface area (Å²) in [6.07, 6.45) is 5.35. The summed E-state index contributed by atoms with van der Waals surface area (Å²) < 4.78 is 17.8. The highest BCUT2D eigenvalue weighted by Crippen LogP contribution is 2.29. The predicted molar refractivity (Wildman–Crippen MR) is 73.5 cm³/mol. The second-order valence-corrected chi connectivity index (χ2v) is 4.50. The standard InChI is InChI=1S/C15H16FNO3/c1-3-11-13(15(19)20-2)12(8-18)17-14(11)9-4-6-10(16)7-5-9/h4-6,8,10,17H,3,7H2,1-2H3. The Hall–Kier alpha value is -2.17. The number of esters is 1. The van der Waals surface area contributed by atoms with E-state index in [4.69, 9.17) is 4.74 Å². The van der Waals surface area contributed by atoms with Crippen molar-refractivity contribution in [3.63, 3.8) is 0 Å². The largest absolute Gasteiger partial charge is 0.465 e. The van der Waals surface area contributed by atoms with Crippen LogP contribution in [0.1, 0.15) is 45.4 Å². The molecular formula is C15H16FNO3. The van der Waals surface area contributed by atoms with Crippen LogP contribution >= 0.6 is 0 Å². The average Bonchev–Trinajstić information content (AvgIpc) is 2.85. The number of hydrogen-bond donors (Lipinski definition) is 1. The molecule has 4 nitrogen and oxygen atoms in total. The van der Waals surface area contributed by atoms with Gasteiger partial charge in [0.05, 0.1) is 18.4 Å². The molecule has 1 aromatic heterocycles. The van der Waals surface area contributed by atoms with Gasteiger partial charge in [0.2, 0.25) is 0 Å². The number of aldehydes is 1. The van der Waals surface area contributed by atoms with Crippen molar-refractivity contribution in [2.45, 2.75) is 25.9 Å². The molecule has 1 aromatic rings. The molecule has 0 radical (unpaired) electrons. The highest BCUT2D eigenvalue weighted by atomic mass is 19.1. The van der Waals surface area contributed by atoms with Crippen LogP contribution in [0.25, 0.3) is 5.57 Å². The highest BCUT2D eigenvalue weighted by molar-refractivity contribution is 6.01. The average molecular weight is 277 g/mol. The molecule has 2 rings (SSSR count). The number of aromatic nitrogens is 1. The number of ether oxygens (including phenoxy) is 1. The van der Waals surface area contributed by atoms with Gasteiger partial charge in [-0.15, -0.1) is 0 Å². The Morgan fingerprint density at radius 3 is 2.85 bits per heavy atom. The zero-order valence-electron chi connectivity index (χ0n) is 11.4. The molecule has 0 bridgehead atoms. The molecule has 1 aliphatic rings. The van der Waals surface area contributed by atoms with Crippen LogP contribution in [-0.2, 0) is 11.2 Å². The lowest BCUT2D eigenvalue weighted by Crippen LogP contribution is -2.06. The smallest absolute Gasteiger partial charge is 0.340 e. The van der Waals surface area contributed by atoms with E-state index in [-0.39, 0.29) is 17.7 Å². The summed E-state index contributed by atoms with van der Waals surface area (Å²) in [7, 11) is 1.27. The molecular weight excluding hydrogens is 261 g/mol. The van der Waals surface area contributed by atoms with Crippen LogP contribution in [0.15, 0.2) is 18.2 Å². The zero-order valence-corrected chi connectivity index (χ0v) is 11.4. The van der Waals surface area contributed by atoms with Crippen LogP contribution in [0.4, 0.5) is 4.39 Å². The molecule has 0 amide bonds. The van der Waals surface area contributed by atoms with Gasteiger partial charge in [-0.25, -0.2) is 9.18 Å². The van der Waals surface area contributed by atoms with Crippen molar-refractivity contribution < 1.29 is 18.7 Å². The second kappa shape index (κ2) is 5.86. The minimum Gasteiger partial charge on any atom is -0.465 e. The SMILES string of the molecule is CCc1c(C2=CCC(F)C=C2)[nH]c(C=O)c1C(=O)OC. The van der Waals surface area contributed by atoms with Gasteiger partial charge in [0.15, 0.2) is 6.29 Å². The van der Waals surface area contributed by atoms with Crippen LogP contribution in [0, 0.1) is 0 Å². The van der Waals surface area contributed by atoms with Crippen molar-refractivity contribution in [2.24, 2.45) is 0 Å². The lowest BCUT2D eigenvalue weighted by atomic mass is 9.97. The number of halogens is 1. The van der Waals surface area contributed by atoms with Gasteiger partial charge in [0, 0.05) is 12.1 Å². The zero-order chi connectivity index (χ0) is 14.7. The number of methoxy groups -OCH3 is 1. The van der Waals surface area contributed by atoms with E-state index in [0.29, 0.717) is 24.0 Å². The first-order chi connectivity index (χ1) is 9.62. The molecule has 20 heavy (non-hydrogen) atoms. The molecule has 5 heteroatoms. The summed E-state index contributed by atoms with van der Waals surface area (Å²) in [5, 5.41) is 0. The molecule has 106 valence electrons. The molecule has 0 saturated carbocycles. The van der Waals surface area contributed by atoms with Gasteiger partial charge in [-0.1, -0.05) is 19.1 Å². The fourth-order valence-electron chi connectivity index (χ4n) is 2.36. The Balaban J connectivity index is 2.55. The molecule has 0 spiro atoms. The summed E-state index contributed by atoms with van der Waals surface area (Å²) in [6.45, 7) is 1.89. The van der Waals surface area contributed by atoms with Crippen LogP contribution in [-0.4, -0.2) is 30.5 Å². The molecule has 1 unspecified atom stereocenters. The van der Waals surface area contributed by atoms with Crippen LogP contribution in [0.3, 0.4) is 0 Å². The maximum atomic E-state index is 13.1. The fourth-order valence-corrected chi connectivity index (χ4v) is 2.36. The number of H-pyrrole nitrogens is 1. The van der Waals surface area contributed by atoms with E-state index in [0.717, 1.165) is 5.57 Å². The van der Waals surface area contributed by atoms with Crippen molar-refractivity contribution in [3.8, 4) is 0 Å². The Bertz CT molecular complexity index is 599. The van der Waals surface area contributed by atoms with Gasteiger partial charge < -0.3 is 9.72 Å². The summed E-state index contributed by atoms with van der Waals surface area (Å²) in [5.74, 6) is -0.546. The third-order valence-electron chi connectivity index (χ3n) is 3.33. The summed E-state index contributed by atoms with van der Waals surface area (Å²) in [5.41, 5.74) is 2.64. The van der Waals surface area contributed by atoms with Gasteiger partial charge >= 0.3 is 5.97 Å². The minimum atomic E-state index is -0.982. The molecule has 1 aliphatic carbocycles. The number of hydrogen-bond acceptors (Lipinski definition) is 3. The van der Waals surface area contributed by atoms with E-state index >= 15 is 0 Å². The summed E-state index contributed by atoms with van der Waals surface area (Å²) in [4.78, 5) is 25.9. The van der Waals surface area contributed by atoms with Crippen molar-refractivity contribution >= 4 is 17.8 Å². The van der Waals surface area contributed by atoms with Crippen molar-refractivity contribution in [1.82, 2.24) is 4.98 Å². The number of carbonyl (C=O) groups is 2. The Morgan fingerprint density at radius 1 is 1.60 bits per heavy atom. The van der Waals surface area contributed by atoms with Gasteiger partial charge in [-0.2, -0.15) is 0 Å². The number of carbonyl (C=O) groups excluding carboxylic acids is 2. The van der Waals surface area contributed by atoms with Crippen molar-refractivity contribution in [1.29, 1.82) is 0 Å². The summed E-state index contributed by atoms with van der Waals surface area (Å²) in [6, 6.07) is 0. The molecule has 0 fully saturated rings. The number of aromatic amines is 1. The minimum absolute atomic E-state index is 0.195. The normalized spacial score (nSPS) is 17.8. The Labute approximate surface area is 116 Å². The molecule has 0 aliphatic heterocycles. The van der Waals surface area contributed by atoms with Gasteiger partial charge in [-0.05, 0) is 23.6 Å². The van der Waals surface area contributed by atoms with Crippen LogP contribution < -0.4 is 0 Å². The highest BCUT2D eigenvalue weighted by Gasteiger charge is 2.24. The van der Waals surface area contributed by atoms with E-state index < -0.39 is 12.1 Å². The van der Waals surface area contributed by atoms with Crippen LogP contribution in [0.5, 0.6) is 0 Å². The first kappa shape index (κ1) is 14.2. The molecule has 0 aromatic carbocycles. The lowest BCUT2D eigenvalue weighted by molar-refractivity contribution is 0.0597. The Kier molecular flexibility index (Phi) is 4.17. The number of alkyl halides is 1. The molecule has 0 saturated heterocycles. The lowest BCUT2D eigenvalue weighted by Gasteiger charge is -2.10. The quantitative estimate of drug-likeness (QED) is 0.680. The Morgan fingerprint density at radius 2 is 2.35 bits per heavy atom. The third kappa shape index (κ3) is 2.43. The van der Waals surface area contributed by atoms with Gasteiger partial charge in [-0.3, -0.25) is 4.79 Å². The fraction of sp³-hybridized carbons (Fsp3) is 0.333. The topological polar surface area (TPSA) is 59.2 Å². The van der Waals surface area contributed by atoms with E-state index in [1.54, 1.807) is 12.2 Å². The predicted octanol–water partition coefficient (Wildman–Crippen LogP) is 2.86. The van der Waals surface area contributed by atoms with Gasteiger partial charge in [0.1, 0.15) is 6.17 Å². The third-order valence-corrected chi connectivity index (χ3v) is 3.33. The number of allylic oxidation sites excluding steroid dienone is 4. The van der Waals surface area contributed by atoms with E-state index in [9.17, 15) is 14.0 Å². The van der Waals surface area contributed by atoms with Gasteiger partial charge in [0.25, 0.3) is 0 Å². The maximum absolute atomic E-state index is 13.1. The number of nitrogens with one attached hydrogen (secondary N) is 1. The van der Waals surface area contributed by atoms with E-state index in [1.165, 1.54) is 13.2 Å². The first-order valence-electron chi connectivity index (χ1n) is 6.43. The van der Waals surface area contributed by atoms with Crippen LogP contribution in [0.2, 0.25) is 0 Å². The molecule has 1 N–H and O–H groups in total.